The van der Waals surface area contributed by atoms with Gasteiger partial charge in [-0.25, -0.2) is 4.98 Å². The highest BCUT2D eigenvalue weighted by Gasteiger charge is 2.05. The molecule has 0 unspecified atom stereocenters. The van der Waals surface area contributed by atoms with E-state index >= 15 is 0 Å². The summed E-state index contributed by atoms with van der Waals surface area (Å²) in [5, 5.41) is 6.31. The molecule has 2 aromatic rings. The smallest absolute Gasteiger partial charge is 0.322 e. The van der Waals surface area contributed by atoms with Crippen LogP contribution in [-0.4, -0.2) is 33.1 Å². The fourth-order valence-electron chi connectivity index (χ4n) is 1.40. The Morgan fingerprint density at radius 1 is 1.32 bits per heavy atom. The number of nitrogens with one attached hydrogen (secondary N) is 1. The molecule has 1 N–H and O–H groups in total. The fraction of sp³-hybridized carbons (Fsp3) is 0.455. The predicted molar refractivity (Wildman–Crippen MR) is 75.1 cm³/mol. The number of aromatic nitrogens is 4. The fourth-order valence-corrected chi connectivity index (χ4v) is 2.33. The second-order valence-electron chi connectivity index (χ2n) is 3.70. The molecule has 0 saturated heterocycles. The average molecular weight is 300 g/mol. The first-order chi connectivity index (χ1) is 9.17. The molecule has 0 atom stereocenters. The van der Waals surface area contributed by atoms with Crippen molar-refractivity contribution >= 4 is 28.9 Å². The molecule has 6 nitrogen and oxygen atoms in total. The minimum absolute atomic E-state index is 0.117. The molecular formula is C11H14ClN5OS. The zero-order valence-corrected chi connectivity index (χ0v) is 12.3. The van der Waals surface area contributed by atoms with Gasteiger partial charge in [-0.2, -0.15) is 15.0 Å². The first kappa shape index (κ1) is 14.0. The van der Waals surface area contributed by atoms with Crippen LogP contribution in [0.3, 0.4) is 0 Å². The molecule has 0 fully saturated rings. The van der Waals surface area contributed by atoms with Gasteiger partial charge in [0, 0.05) is 24.0 Å². The molecule has 0 bridgehead atoms. The van der Waals surface area contributed by atoms with Crippen molar-refractivity contribution < 1.29 is 4.74 Å². The lowest BCUT2D eigenvalue weighted by atomic mass is 10.4. The summed E-state index contributed by atoms with van der Waals surface area (Å²) in [4.78, 5) is 16.3. The lowest BCUT2D eigenvalue weighted by molar-refractivity contribution is 0.312. The molecule has 0 saturated carbocycles. The van der Waals surface area contributed by atoms with E-state index in [0.717, 1.165) is 17.1 Å². The van der Waals surface area contributed by atoms with Gasteiger partial charge in [-0.3, -0.25) is 0 Å². The van der Waals surface area contributed by atoms with Gasteiger partial charge < -0.3 is 10.1 Å². The van der Waals surface area contributed by atoms with Gasteiger partial charge in [0.1, 0.15) is 0 Å². The van der Waals surface area contributed by atoms with Crippen molar-refractivity contribution in [1.29, 1.82) is 0 Å². The topological polar surface area (TPSA) is 72.8 Å². The number of nitrogens with zero attached hydrogens (tertiary/aromatic N) is 4. The normalized spacial score (nSPS) is 10.5. The highest BCUT2D eigenvalue weighted by Crippen LogP contribution is 2.12. The SMILES string of the molecule is CCOc1nc(Cl)nc(NCCc2nc(C)cs2)n1. The van der Waals surface area contributed by atoms with Crippen LogP contribution in [0.4, 0.5) is 5.95 Å². The molecule has 0 radical (unpaired) electrons. The van der Waals surface area contributed by atoms with Crippen LogP contribution in [0, 0.1) is 6.92 Å². The average Bonchev–Trinajstić information content (AvgIpc) is 2.75. The molecular weight excluding hydrogens is 286 g/mol. The molecule has 2 aromatic heterocycles. The van der Waals surface area contributed by atoms with E-state index in [2.05, 4.69) is 25.3 Å². The third kappa shape index (κ3) is 4.29. The summed E-state index contributed by atoms with van der Waals surface area (Å²) < 4.78 is 5.20. The number of anilines is 1. The van der Waals surface area contributed by atoms with E-state index in [1.165, 1.54) is 0 Å². The van der Waals surface area contributed by atoms with Gasteiger partial charge in [-0.1, -0.05) is 0 Å². The van der Waals surface area contributed by atoms with Crippen molar-refractivity contribution in [2.75, 3.05) is 18.5 Å². The first-order valence-corrected chi connectivity index (χ1v) is 7.12. The van der Waals surface area contributed by atoms with E-state index in [4.69, 9.17) is 16.3 Å². The molecule has 19 heavy (non-hydrogen) atoms. The number of rotatable bonds is 6. The zero-order valence-electron chi connectivity index (χ0n) is 10.7. The Hall–Kier alpha value is -1.47. The van der Waals surface area contributed by atoms with E-state index in [1.807, 2.05) is 19.2 Å². The Kier molecular flexibility index (Phi) is 4.86. The lowest BCUT2D eigenvalue weighted by Gasteiger charge is -2.05. The standard InChI is InChI=1S/C11H14ClN5OS/c1-3-18-11-16-9(12)15-10(17-11)13-5-4-8-14-7(2)6-19-8/h6H,3-5H2,1-2H3,(H,13,15,16,17). The molecule has 102 valence electrons. The van der Waals surface area contributed by atoms with Crippen LogP contribution in [-0.2, 0) is 6.42 Å². The number of aryl methyl sites for hydroxylation is 1. The molecule has 0 aliphatic carbocycles. The summed E-state index contributed by atoms with van der Waals surface area (Å²) in [5.74, 6) is 0.414. The van der Waals surface area contributed by atoms with Crippen LogP contribution in [0.25, 0.3) is 0 Å². The molecule has 2 rings (SSSR count). The van der Waals surface area contributed by atoms with Gasteiger partial charge in [0.15, 0.2) is 0 Å². The van der Waals surface area contributed by atoms with E-state index in [-0.39, 0.29) is 11.3 Å². The highest BCUT2D eigenvalue weighted by atomic mass is 35.5. The second kappa shape index (κ2) is 6.63. The van der Waals surface area contributed by atoms with Crippen molar-refractivity contribution in [3.8, 4) is 6.01 Å². The Labute approximate surface area is 120 Å². The van der Waals surface area contributed by atoms with Crippen molar-refractivity contribution in [2.45, 2.75) is 20.3 Å². The second-order valence-corrected chi connectivity index (χ2v) is 4.98. The molecule has 0 aromatic carbocycles. The van der Waals surface area contributed by atoms with E-state index < -0.39 is 0 Å². The van der Waals surface area contributed by atoms with Crippen molar-refractivity contribution in [1.82, 2.24) is 19.9 Å². The van der Waals surface area contributed by atoms with Crippen LogP contribution in [0.15, 0.2) is 5.38 Å². The summed E-state index contributed by atoms with van der Waals surface area (Å²) in [7, 11) is 0. The van der Waals surface area contributed by atoms with Gasteiger partial charge in [0.2, 0.25) is 11.2 Å². The van der Waals surface area contributed by atoms with Crippen LogP contribution in [0.5, 0.6) is 6.01 Å². The molecule has 2 heterocycles. The monoisotopic (exact) mass is 299 g/mol. The third-order valence-electron chi connectivity index (χ3n) is 2.15. The number of hydrogen-bond donors (Lipinski definition) is 1. The Morgan fingerprint density at radius 3 is 2.84 bits per heavy atom. The minimum Gasteiger partial charge on any atom is -0.464 e. The largest absolute Gasteiger partial charge is 0.464 e. The molecule has 0 amide bonds. The van der Waals surface area contributed by atoms with Gasteiger partial charge in [-0.15, -0.1) is 11.3 Å². The quantitative estimate of drug-likeness (QED) is 0.882. The number of ether oxygens (including phenoxy) is 1. The Balaban J connectivity index is 1.91. The number of halogens is 1. The highest BCUT2D eigenvalue weighted by molar-refractivity contribution is 7.09. The summed E-state index contributed by atoms with van der Waals surface area (Å²) in [5.41, 5.74) is 1.04. The van der Waals surface area contributed by atoms with Crippen molar-refractivity contribution in [2.24, 2.45) is 0 Å². The molecule has 8 heteroatoms. The van der Waals surface area contributed by atoms with E-state index in [9.17, 15) is 0 Å². The van der Waals surface area contributed by atoms with E-state index in [1.54, 1.807) is 11.3 Å². The third-order valence-corrected chi connectivity index (χ3v) is 3.35. The van der Waals surface area contributed by atoms with Gasteiger partial charge in [0.25, 0.3) is 0 Å². The number of thiazole rings is 1. The summed E-state index contributed by atoms with van der Waals surface area (Å²) >= 11 is 7.44. The van der Waals surface area contributed by atoms with Gasteiger partial charge in [0.05, 0.1) is 11.6 Å². The number of hydrogen-bond acceptors (Lipinski definition) is 7. The zero-order chi connectivity index (χ0) is 13.7. The Morgan fingerprint density at radius 2 is 2.16 bits per heavy atom. The van der Waals surface area contributed by atoms with Crippen molar-refractivity contribution in [3.63, 3.8) is 0 Å². The lowest BCUT2D eigenvalue weighted by Crippen LogP contribution is -2.10. The molecule has 0 spiro atoms. The van der Waals surface area contributed by atoms with Crippen LogP contribution in [0.1, 0.15) is 17.6 Å². The maximum Gasteiger partial charge on any atom is 0.322 e. The van der Waals surface area contributed by atoms with Crippen LogP contribution >= 0.6 is 22.9 Å². The summed E-state index contributed by atoms with van der Waals surface area (Å²) in [6, 6.07) is 0.232. The van der Waals surface area contributed by atoms with Crippen LogP contribution in [0.2, 0.25) is 5.28 Å². The molecule has 0 aliphatic rings. The minimum atomic E-state index is 0.117. The van der Waals surface area contributed by atoms with Crippen molar-refractivity contribution in [3.05, 3.63) is 21.4 Å². The predicted octanol–water partition coefficient (Wildman–Crippen LogP) is 2.34. The van der Waals surface area contributed by atoms with Crippen LogP contribution < -0.4 is 10.1 Å². The maximum atomic E-state index is 5.79. The molecule has 0 aliphatic heterocycles. The Bertz CT molecular complexity index is 548. The summed E-state index contributed by atoms with van der Waals surface area (Å²) in [6.07, 6.45) is 0.811. The van der Waals surface area contributed by atoms with Gasteiger partial charge in [-0.05, 0) is 25.4 Å². The van der Waals surface area contributed by atoms with E-state index in [0.29, 0.717) is 19.1 Å². The summed E-state index contributed by atoms with van der Waals surface area (Å²) in [6.45, 7) is 5.00. The first-order valence-electron chi connectivity index (χ1n) is 5.86. The van der Waals surface area contributed by atoms with Gasteiger partial charge >= 0.3 is 6.01 Å². The maximum absolute atomic E-state index is 5.79.